The predicted molar refractivity (Wildman–Crippen MR) is 90.4 cm³/mol. The molecule has 0 aliphatic rings. The molecule has 26 heavy (non-hydrogen) atoms. The van der Waals surface area contributed by atoms with Crippen LogP contribution in [0, 0.1) is 5.92 Å². The minimum atomic E-state index is -2.77. The third kappa shape index (κ3) is 4.87. The van der Waals surface area contributed by atoms with E-state index in [9.17, 15) is 18.4 Å². The summed E-state index contributed by atoms with van der Waals surface area (Å²) in [7, 11) is 0. The molecule has 1 heterocycles. The third-order valence-electron chi connectivity index (χ3n) is 4.09. The number of ether oxygens (including phenoxy) is 1. The molecule has 0 saturated carbocycles. The topological polar surface area (TPSA) is 73.2 Å². The first-order chi connectivity index (χ1) is 12.4. The summed E-state index contributed by atoms with van der Waals surface area (Å²) in [5.74, 6) is -1.34. The number of amides is 1. The van der Waals surface area contributed by atoms with Gasteiger partial charge in [0, 0.05) is 18.0 Å². The lowest BCUT2D eigenvalue weighted by Gasteiger charge is -2.22. The maximum Gasteiger partial charge on any atom is 0.329 e. The zero-order chi connectivity index (χ0) is 19.1. The fourth-order valence-corrected chi connectivity index (χ4v) is 2.34. The summed E-state index contributed by atoms with van der Waals surface area (Å²) in [6.07, 6.45) is 2.94. The first kappa shape index (κ1) is 19.6. The van der Waals surface area contributed by atoms with Crippen molar-refractivity contribution >= 4 is 11.9 Å². The highest BCUT2D eigenvalue weighted by Crippen LogP contribution is 2.15. The molecule has 0 aliphatic carbocycles. The van der Waals surface area contributed by atoms with Gasteiger partial charge in [-0.15, -0.1) is 0 Å². The van der Waals surface area contributed by atoms with E-state index >= 15 is 0 Å². The number of nitrogens with zero attached hydrogens (tertiary/aromatic N) is 2. The van der Waals surface area contributed by atoms with Gasteiger partial charge in [0.1, 0.15) is 12.6 Å². The second kappa shape index (κ2) is 9.07. The van der Waals surface area contributed by atoms with E-state index in [0.29, 0.717) is 16.6 Å². The molecule has 0 radical (unpaired) electrons. The lowest BCUT2D eigenvalue weighted by Crippen LogP contribution is -2.46. The number of imidazole rings is 1. The van der Waals surface area contributed by atoms with Crippen molar-refractivity contribution in [2.75, 3.05) is 0 Å². The molecule has 2 atom stereocenters. The van der Waals surface area contributed by atoms with E-state index < -0.39 is 31.1 Å². The monoisotopic (exact) mass is 365 g/mol. The molecule has 6 nitrogen and oxygen atoms in total. The summed E-state index contributed by atoms with van der Waals surface area (Å²) in [4.78, 5) is 28.5. The van der Waals surface area contributed by atoms with E-state index in [2.05, 4.69) is 10.3 Å². The molecular formula is C18H21F2N3O3. The summed E-state index contributed by atoms with van der Waals surface area (Å²) in [5.41, 5.74) is 0.418. The van der Waals surface area contributed by atoms with Crippen molar-refractivity contribution in [1.82, 2.24) is 14.9 Å². The first-order valence-corrected chi connectivity index (χ1v) is 8.26. The molecule has 1 aromatic carbocycles. The van der Waals surface area contributed by atoms with Gasteiger partial charge in [0.25, 0.3) is 5.91 Å². The molecule has 0 saturated heterocycles. The number of halogens is 2. The van der Waals surface area contributed by atoms with Gasteiger partial charge in [0.05, 0.1) is 0 Å². The Morgan fingerprint density at radius 1 is 1.27 bits per heavy atom. The van der Waals surface area contributed by atoms with Crippen LogP contribution >= 0.6 is 0 Å². The van der Waals surface area contributed by atoms with Crippen LogP contribution in [-0.4, -0.2) is 27.5 Å². The molecule has 1 aromatic heterocycles. The van der Waals surface area contributed by atoms with Crippen LogP contribution in [-0.2, 0) is 16.1 Å². The summed E-state index contributed by atoms with van der Waals surface area (Å²) in [6.45, 7) is 0.513. The fourth-order valence-electron chi connectivity index (χ4n) is 2.34. The van der Waals surface area contributed by atoms with Gasteiger partial charge in [-0.25, -0.2) is 9.78 Å². The molecule has 0 aliphatic heterocycles. The largest absolute Gasteiger partial charge is 0.456 e. The van der Waals surface area contributed by atoms with E-state index in [1.54, 1.807) is 37.3 Å². The number of aromatic nitrogens is 2. The molecule has 1 amide bonds. The van der Waals surface area contributed by atoms with Crippen molar-refractivity contribution < 1.29 is 23.1 Å². The summed E-state index contributed by atoms with van der Waals surface area (Å²) in [5, 5.41) is 2.66. The first-order valence-electron chi connectivity index (χ1n) is 8.26. The smallest absolute Gasteiger partial charge is 0.329 e. The fraction of sp³-hybridized carbons (Fsp3) is 0.389. The van der Waals surface area contributed by atoms with Crippen LogP contribution in [0.5, 0.6) is 0 Å². The minimum Gasteiger partial charge on any atom is -0.456 e. The zero-order valence-electron chi connectivity index (χ0n) is 14.6. The highest BCUT2D eigenvalue weighted by molar-refractivity contribution is 5.96. The summed E-state index contributed by atoms with van der Waals surface area (Å²) < 4.78 is 31.4. The van der Waals surface area contributed by atoms with Crippen LogP contribution in [0.1, 0.15) is 43.0 Å². The maximum atomic E-state index is 12.8. The summed E-state index contributed by atoms with van der Waals surface area (Å²) in [6, 6.07) is 7.59. The molecule has 140 valence electrons. The molecular weight excluding hydrogens is 344 g/mol. The molecule has 2 aromatic rings. The Hall–Kier alpha value is -2.77. The van der Waals surface area contributed by atoms with Crippen molar-refractivity contribution in [3.63, 3.8) is 0 Å². The van der Waals surface area contributed by atoms with E-state index in [4.69, 9.17) is 4.74 Å². The van der Waals surface area contributed by atoms with Gasteiger partial charge >= 0.3 is 12.5 Å². The number of rotatable bonds is 8. The normalized spacial score (nSPS) is 13.3. The van der Waals surface area contributed by atoms with Crippen molar-refractivity contribution in [3.05, 3.63) is 54.1 Å². The number of nitrogens with one attached hydrogen (secondary N) is 1. The predicted octanol–water partition coefficient (Wildman–Crippen LogP) is 3.17. The average molecular weight is 365 g/mol. The van der Waals surface area contributed by atoms with Gasteiger partial charge in [-0.3, -0.25) is 9.36 Å². The molecule has 0 fully saturated rings. The SMILES string of the molecule is CC[C@@H](C)[C@@H](NC(=O)c1ccccc1)C(=O)OCc1nccn1C(F)F. The second-order valence-corrected chi connectivity index (χ2v) is 5.84. The van der Waals surface area contributed by atoms with Crippen LogP contribution in [0.15, 0.2) is 42.7 Å². The molecule has 8 heteroatoms. The maximum absolute atomic E-state index is 12.8. The lowest BCUT2D eigenvalue weighted by molar-refractivity contribution is -0.149. The molecule has 2 rings (SSSR count). The van der Waals surface area contributed by atoms with E-state index in [0.717, 1.165) is 6.20 Å². The Bertz CT molecular complexity index is 734. The third-order valence-corrected chi connectivity index (χ3v) is 4.09. The van der Waals surface area contributed by atoms with Gasteiger partial charge < -0.3 is 10.1 Å². The van der Waals surface area contributed by atoms with Crippen LogP contribution in [0.2, 0.25) is 0 Å². The van der Waals surface area contributed by atoms with Crippen molar-refractivity contribution in [2.45, 2.75) is 39.5 Å². The van der Waals surface area contributed by atoms with Crippen LogP contribution in [0.25, 0.3) is 0 Å². The number of esters is 1. The Balaban J connectivity index is 2.05. The number of benzene rings is 1. The number of hydrogen-bond acceptors (Lipinski definition) is 4. The van der Waals surface area contributed by atoms with Gasteiger partial charge in [0.15, 0.2) is 5.82 Å². The van der Waals surface area contributed by atoms with Gasteiger partial charge in [0.2, 0.25) is 0 Å². The van der Waals surface area contributed by atoms with E-state index in [1.165, 1.54) is 6.20 Å². The number of hydrogen-bond donors (Lipinski definition) is 1. The van der Waals surface area contributed by atoms with Gasteiger partial charge in [-0.05, 0) is 18.1 Å². The van der Waals surface area contributed by atoms with Crippen molar-refractivity contribution in [1.29, 1.82) is 0 Å². The van der Waals surface area contributed by atoms with Gasteiger partial charge in [-0.1, -0.05) is 38.5 Å². The minimum absolute atomic E-state index is 0.0642. The molecule has 0 spiro atoms. The summed E-state index contributed by atoms with van der Waals surface area (Å²) >= 11 is 0. The van der Waals surface area contributed by atoms with Crippen molar-refractivity contribution in [2.24, 2.45) is 5.92 Å². The van der Waals surface area contributed by atoms with Crippen LogP contribution in [0.3, 0.4) is 0 Å². The Kier molecular flexibility index (Phi) is 6.82. The number of alkyl halides is 2. The van der Waals surface area contributed by atoms with Crippen molar-refractivity contribution in [3.8, 4) is 0 Å². The molecule has 0 unspecified atom stereocenters. The quantitative estimate of drug-likeness (QED) is 0.730. The Morgan fingerprint density at radius 2 is 1.96 bits per heavy atom. The van der Waals surface area contributed by atoms with Crippen LogP contribution < -0.4 is 5.32 Å². The highest BCUT2D eigenvalue weighted by atomic mass is 19.3. The highest BCUT2D eigenvalue weighted by Gasteiger charge is 2.28. The number of carbonyl (C=O) groups is 2. The molecule has 1 N–H and O–H groups in total. The molecule has 0 bridgehead atoms. The Labute approximate surface area is 150 Å². The average Bonchev–Trinajstić information content (AvgIpc) is 3.13. The number of carbonyl (C=O) groups excluding carboxylic acids is 2. The second-order valence-electron chi connectivity index (χ2n) is 5.84. The zero-order valence-corrected chi connectivity index (χ0v) is 14.6. The van der Waals surface area contributed by atoms with E-state index in [1.807, 2.05) is 6.92 Å². The van der Waals surface area contributed by atoms with E-state index in [-0.39, 0.29) is 11.7 Å². The van der Waals surface area contributed by atoms with Crippen LogP contribution in [0.4, 0.5) is 8.78 Å². The standard InChI is InChI=1S/C18H21F2N3O3/c1-3-12(2)15(22-16(24)13-7-5-4-6-8-13)17(25)26-11-14-21-9-10-23(14)18(19)20/h4-10,12,15,18H,3,11H2,1-2H3,(H,22,24)/t12-,15-/m1/s1. The Morgan fingerprint density at radius 3 is 2.58 bits per heavy atom. The lowest BCUT2D eigenvalue weighted by atomic mass is 9.99. The van der Waals surface area contributed by atoms with Gasteiger partial charge in [-0.2, -0.15) is 8.78 Å².